The molecule has 0 unspecified atom stereocenters. The summed E-state index contributed by atoms with van der Waals surface area (Å²) in [4.78, 5) is 11.9. The zero-order valence-electron chi connectivity index (χ0n) is 13.0. The molecule has 0 saturated heterocycles. The molecule has 2 aromatic carbocycles. The van der Waals surface area contributed by atoms with E-state index in [4.69, 9.17) is 0 Å². The van der Waals surface area contributed by atoms with Crippen LogP contribution in [0.1, 0.15) is 11.1 Å². The summed E-state index contributed by atoms with van der Waals surface area (Å²) in [6, 6.07) is 14.0. The van der Waals surface area contributed by atoms with Crippen LogP contribution in [-0.2, 0) is 16.6 Å². The molecule has 0 heterocycles. The zero-order chi connectivity index (χ0) is 16.9. The van der Waals surface area contributed by atoms with Gasteiger partial charge in [-0.3, -0.25) is 4.72 Å². The second-order valence-electron chi connectivity index (χ2n) is 5.25. The summed E-state index contributed by atoms with van der Waals surface area (Å²) >= 11 is 0. The predicted molar refractivity (Wildman–Crippen MR) is 91.9 cm³/mol. The predicted octanol–water partition coefficient (Wildman–Crippen LogP) is 2.69. The van der Waals surface area contributed by atoms with E-state index in [1.54, 1.807) is 24.3 Å². The molecule has 7 heteroatoms. The molecule has 122 valence electrons. The van der Waals surface area contributed by atoms with E-state index in [1.165, 1.54) is 0 Å². The lowest BCUT2D eigenvalue weighted by molar-refractivity contribution is 0.251. The Labute approximate surface area is 136 Å². The van der Waals surface area contributed by atoms with E-state index in [1.807, 2.05) is 31.2 Å². The third-order valence-electron chi connectivity index (χ3n) is 2.99. The van der Waals surface area contributed by atoms with Gasteiger partial charge in [0, 0.05) is 17.9 Å². The van der Waals surface area contributed by atoms with Gasteiger partial charge in [0.15, 0.2) is 0 Å². The number of rotatable bonds is 5. The number of carbonyl (C=O) groups is 1. The van der Waals surface area contributed by atoms with Gasteiger partial charge in [-0.25, -0.2) is 13.2 Å². The van der Waals surface area contributed by atoms with Gasteiger partial charge < -0.3 is 10.6 Å². The number of hydrogen-bond acceptors (Lipinski definition) is 3. The molecule has 0 aliphatic rings. The first-order valence-corrected chi connectivity index (χ1v) is 8.89. The van der Waals surface area contributed by atoms with Crippen LogP contribution in [0.3, 0.4) is 0 Å². The van der Waals surface area contributed by atoms with Crippen molar-refractivity contribution >= 4 is 27.4 Å². The highest BCUT2D eigenvalue weighted by Crippen LogP contribution is 2.12. The number of urea groups is 1. The van der Waals surface area contributed by atoms with Crippen molar-refractivity contribution < 1.29 is 13.2 Å². The maximum absolute atomic E-state index is 11.9. The average molecular weight is 333 g/mol. The number of aryl methyl sites for hydroxylation is 1. The summed E-state index contributed by atoms with van der Waals surface area (Å²) in [6.45, 7) is 2.26. The number of nitrogens with one attached hydrogen (secondary N) is 3. The summed E-state index contributed by atoms with van der Waals surface area (Å²) in [5, 5.41) is 5.46. The van der Waals surface area contributed by atoms with Gasteiger partial charge in [-0.05, 0) is 36.8 Å². The number of amides is 2. The molecule has 23 heavy (non-hydrogen) atoms. The minimum Gasteiger partial charge on any atom is -0.334 e. The van der Waals surface area contributed by atoms with Gasteiger partial charge in [0.05, 0.1) is 6.26 Å². The molecule has 0 aliphatic carbocycles. The molecular formula is C16H19N3O3S. The molecule has 0 aliphatic heterocycles. The van der Waals surface area contributed by atoms with Crippen molar-refractivity contribution in [3.63, 3.8) is 0 Å². The molecule has 2 amide bonds. The highest BCUT2D eigenvalue weighted by molar-refractivity contribution is 7.92. The molecule has 3 N–H and O–H groups in total. The molecule has 0 bridgehead atoms. The van der Waals surface area contributed by atoms with Crippen LogP contribution in [0.25, 0.3) is 0 Å². The number of sulfonamides is 1. The minimum atomic E-state index is -3.32. The normalized spacial score (nSPS) is 10.9. The summed E-state index contributed by atoms with van der Waals surface area (Å²) in [7, 11) is -3.32. The van der Waals surface area contributed by atoms with Crippen LogP contribution in [0.4, 0.5) is 16.2 Å². The first kappa shape index (κ1) is 16.8. The molecule has 0 radical (unpaired) electrons. The summed E-state index contributed by atoms with van der Waals surface area (Å²) < 4.78 is 24.8. The van der Waals surface area contributed by atoms with Gasteiger partial charge in [0.1, 0.15) is 0 Å². The second-order valence-corrected chi connectivity index (χ2v) is 7.00. The fourth-order valence-corrected chi connectivity index (χ4v) is 2.51. The van der Waals surface area contributed by atoms with E-state index in [0.29, 0.717) is 11.4 Å². The van der Waals surface area contributed by atoms with Gasteiger partial charge in [-0.1, -0.05) is 29.8 Å². The van der Waals surface area contributed by atoms with Crippen LogP contribution in [0, 0.1) is 6.92 Å². The lowest BCUT2D eigenvalue weighted by Crippen LogP contribution is -2.28. The van der Waals surface area contributed by atoms with E-state index in [-0.39, 0.29) is 12.6 Å². The maximum Gasteiger partial charge on any atom is 0.319 e. The third-order valence-corrected chi connectivity index (χ3v) is 3.60. The fraction of sp³-hybridized carbons (Fsp3) is 0.188. The quantitative estimate of drug-likeness (QED) is 0.786. The third kappa shape index (κ3) is 5.99. The van der Waals surface area contributed by atoms with E-state index in [0.717, 1.165) is 17.4 Å². The first-order chi connectivity index (χ1) is 10.8. The fourth-order valence-electron chi connectivity index (χ4n) is 1.95. The Bertz CT molecular complexity index is 786. The van der Waals surface area contributed by atoms with E-state index in [2.05, 4.69) is 15.4 Å². The van der Waals surface area contributed by atoms with Crippen LogP contribution in [0.5, 0.6) is 0 Å². The van der Waals surface area contributed by atoms with Gasteiger partial charge >= 0.3 is 6.03 Å². The second kappa shape index (κ2) is 7.15. The molecule has 6 nitrogen and oxygen atoms in total. The molecular weight excluding hydrogens is 314 g/mol. The Morgan fingerprint density at radius 3 is 2.39 bits per heavy atom. The molecule has 0 aromatic heterocycles. The lowest BCUT2D eigenvalue weighted by atomic mass is 10.2. The number of benzene rings is 2. The largest absolute Gasteiger partial charge is 0.334 e. The van der Waals surface area contributed by atoms with Crippen molar-refractivity contribution in [1.29, 1.82) is 0 Å². The summed E-state index contributed by atoms with van der Waals surface area (Å²) in [5.41, 5.74) is 3.08. The highest BCUT2D eigenvalue weighted by Gasteiger charge is 2.04. The van der Waals surface area contributed by atoms with Crippen LogP contribution in [-0.4, -0.2) is 20.7 Å². The molecule has 0 fully saturated rings. The van der Waals surface area contributed by atoms with Crippen LogP contribution < -0.4 is 15.4 Å². The Balaban J connectivity index is 1.91. The summed E-state index contributed by atoms with van der Waals surface area (Å²) in [6.07, 6.45) is 1.09. The maximum atomic E-state index is 11.9. The molecule has 0 saturated carbocycles. The molecule has 0 atom stereocenters. The van der Waals surface area contributed by atoms with Crippen molar-refractivity contribution in [2.45, 2.75) is 13.5 Å². The smallest absolute Gasteiger partial charge is 0.319 e. The van der Waals surface area contributed by atoms with Crippen molar-refractivity contribution in [2.24, 2.45) is 0 Å². The average Bonchev–Trinajstić information content (AvgIpc) is 2.46. The minimum absolute atomic E-state index is 0.289. The van der Waals surface area contributed by atoms with Crippen molar-refractivity contribution in [3.8, 4) is 0 Å². The number of hydrogen-bond donors (Lipinski definition) is 3. The Morgan fingerprint density at radius 1 is 1.04 bits per heavy atom. The topological polar surface area (TPSA) is 87.3 Å². The Hall–Kier alpha value is -2.54. The van der Waals surface area contributed by atoms with Crippen LogP contribution in [0.2, 0.25) is 0 Å². The van der Waals surface area contributed by atoms with Gasteiger partial charge in [0.25, 0.3) is 0 Å². The number of anilines is 2. The van der Waals surface area contributed by atoms with E-state index in [9.17, 15) is 13.2 Å². The molecule has 2 rings (SSSR count). The van der Waals surface area contributed by atoms with Crippen molar-refractivity contribution in [1.82, 2.24) is 5.32 Å². The highest BCUT2D eigenvalue weighted by atomic mass is 32.2. The zero-order valence-corrected chi connectivity index (χ0v) is 13.8. The lowest BCUT2D eigenvalue weighted by Gasteiger charge is -2.09. The van der Waals surface area contributed by atoms with Gasteiger partial charge in [-0.2, -0.15) is 0 Å². The number of carbonyl (C=O) groups excluding carboxylic acids is 1. The summed E-state index contributed by atoms with van der Waals surface area (Å²) in [5.74, 6) is 0. The van der Waals surface area contributed by atoms with E-state index >= 15 is 0 Å². The molecule has 0 spiro atoms. The monoisotopic (exact) mass is 333 g/mol. The van der Waals surface area contributed by atoms with Gasteiger partial charge in [-0.15, -0.1) is 0 Å². The Kier molecular flexibility index (Phi) is 5.23. The van der Waals surface area contributed by atoms with Crippen LogP contribution >= 0.6 is 0 Å². The van der Waals surface area contributed by atoms with Gasteiger partial charge in [0.2, 0.25) is 10.0 Å². The van der Waals surface area contributed by atoms with E-state index < -0.39 is 10.0 Å². The standard InChI is InChI=1S/C16H19N3O3S/c1-12-6-8-14(9-7-12)18-16(20)17-11-13-4-3-5-15(10-13)19-23(2,21)22/h3-10,19H,11H2,1-2H3,(H2,17,18,20). The molecule has 2 aromatic rings. The Morgan fingerprint density at radius 2 is 1.74 bits per heavy atom. The van der Waals surface area contributed by atoms with Crippen molar-refractivity contribution in [3.05, 3.63) is 59.7 Å². The first-order valence-electron chi connectivity index (χ1n) is 7.00. The van der Waals surface area contributed by atoms with Crippen LogP contribution in [0.15, 0.2) is 48.5 Å². The SMILES string of the molecule is Cc1ccc(NC(=O)NCc2cccc(NS(C)(=O)=O)c2)cc1. The van der Waals surface area contributed by atoms with Crippen molar-refractivity contribution in [2.75, 3.05) is 16.3 Å².